The highest BCUT2D eigenvalue weighted by Crippen LogP contribution is 2.37. The predicted molar refractivity (Wildman–Crippen MR) is 160 cm³/mol. The third-order valence-corrected chi connectivity index (χ3v) is 8.44. The lowest BCUT2D eigenvalue weighted by Crippen LogP contribution is -2.57. The summed E-state index contributed by atoms with van der Waals surface area (Å²) in [7, 11) is 0. The third-order valence-electron chi connectivity index (χ3n) is 7.85. The van der Waals surface area contributed by atoms with Crippen molar-refractivity contribution in [2.45, 2.75) is 51.4 Å². The Hall–Kier alpha value is -2.53. The lowest BCUT2D eigenvalue weighted by Gasteiger charge is -2.40. The van der Waals surface area contributed by atoms with Crippen molar-refractivity contribution in [3.8, 4) is 0 Å². The smallest absolute Gasteiger partial charge is 0.368 e. The van der Waals surface area contributed by atoms with E-state index in [0.29, 0.717) is 73.4 Å². The highest BCUT2D eigenvalue weighted by Gasteiger charge is 2.36. The maximum absolute atomic E-state index is 14.0. The second kappa shape index (κ2) is 13.8. The summed E-state index contributed by atoms with van der Waals surface area (Å²) in [6.07, 6.45) is -2.97. The van der Waals surface area contributed by atoms with Crippen molar-refractivity contribution in [3.63, 3.8) is 0 Å². The second-order valence-corrected chi connectivity index (χ2v) is 12.2. The van der Waals surface area contributed by atoms with Crippen LogP contribution >= 0.6 is 23.2 Å². The van der Waals surface area contributed by atoms with E-state index in [1.165, 1.54) is 6.07 Å². The average Bonchev–Trinajstić information content (AvgIpc) is 3.15. The molecule has 7 nitrogen and oxygen atoms in total. The Kier molecular flexibility index (Phi) is 10.7. The summed E-state index contributed by atoms with van der Waals surface area (Å²) < 4.78 is 40.6. The fourth-order valence-electron chi connectivity index (χ4n) is 5.68. The molecule has 0 bridgehead atoms. The van der Waals surface area contributed by atoms with Gasteiger partial charge in [0, 0.05) is 60.9 Å². The first-order valence-electron chi connectivity index (χ1n) is 14.3. The zero-order valence-electron chi connectivity index (χ0n) is 23.9. The molecule has 12 heteroatoms. The van der Waals surface area contributed by atoms with Gasteiger partial charge in [0.1, 0.15) is 6.04 Å². The number of hydrogen-bond donors (Lipinski definition) is 2. The number of anilines is 1. The number of nitrogens with zero attached hydrogens (tertiary/aromatic N) is 3. The highest BCUT2D eigenvalue weighted by atomic mass is 35.5. The standard InChI is InChI=1S/C30H38Cl2F3N5O2/c1-19(2)14-25(36)23-16-21(30(33,34)35)5-7-26(23)38-10-12-39(13-11-38)29(42)27(40-9-3-8-37-18-28(40)41)15-20-4-6-22(31)17-24(20)32/h4-7,16-17,19,25,27,37H,3,8-15,18,36H2,1-2H3. The van der Waals surface area contributed by atoms with E-state index in [2.05, 4.69) is 5.32 Å². The molecule has 230 valence electrons. The molecule has 2 heterocycles. The number of nitrogens with two attached hydrogens (primary N) is 1. The molecule has 2 saturated heterocycles. The second-order valence-electron chi connectivity index (χ2n) is 11.4. The Bertz CT molecular complexity index is 1270. The van der Waals surface area contributed by atoms with Crippen LogP contribution in [0.1, 0.15) is 49.4 Å². The zero-order valence-corrected chi connectivity index (χ0v) is 25.4. The van der Waals surface area contributed by atoms with Crippen molar-refractivity contribution in [2.24, 2.45) is 11.7 Å². The molecule has 0 spiro atoms. The van der Waals surface area contributed by atoms with Gasteiger partial charge in [-0.2, -0.15) is 13.2 Å². The van der Waals surface area contributed by atoms with Gasteiger partial charge in [-0.3, -0.25) is 9.59 Å². The normalized spacial score (nSPS) is 18.3. The molecule has 2 aromatic rings. The molecule has 2 aliphatic rings. The first-order valence-corrected chi connectivity index (χ1v) is 15.0. The van der Waals surface area contributed by atoms with E-state index in [1.54, 1.807) is 28.0 Å². The van der Waals surface area contributed by atoms with E-state index >= 15 is 0 Å². The number of alkyl halides is 3. The molecule has 2 aromatic carbocycles. The molecule has 3 N–H and O–H groups in total. The summed E-state index contributed by atoms with van der Waals surface area (Å²) in [5, 5.41) is 4.01. The predicted octanol–water partition coefficient (Wildman–Crippen LogP) is 5.14. The number of carbonyl (C=O) groups excluding carboxylic acids is 2. The molecule has 2 unspecified atom stereocenters. The van der Waals surface area contributed by atoms with Crippen molar-refractivity contribution in [3.05, 3.63) is 63.1 Å². The minimum Gasteiger partial charge on any atom is -0.368 e. The van der Waals surface area contributed by atoms with Crippen LogP contribution in [0, 0.1) is 5.92 Å². The summed E-state index contributed by atoms with van der Waals surface area (Å²) in [6, 6.07) is 7.53. The quantitative estimate of drug-likeness (QED) is 0.424. The van der Waals surface area contributed by atoms with Crippen LogP contribution in [0.4, 0.5) is 18.9 Å². The summed E-state index contributed by atoms with van der Waals surface area (Å²) in [4.78, 5) is 32.4. The molecule has 0 aliphatic carbocycles. The van der Waals surface area contributed by atoms with Gasteiger partial charge >= 0.3 is 6.18 Å². The Morgan fingerprint density at radius 3 is 2.40 bits per heavy atom. The average molecular weight is 629 g/mol. The molecule has 2 amide bonds. The van der Waals surface area contributed by atoms with Crippen LogP contribution in [-0.4, -0.2) is 73.5 Å². The lowest BCUT2D eigenvalue weighted by molar-refractivity contribution is -0.145. The molecule has 2 fully saturated rings. The van der Waals surface area contributed by atoms with Crippen LogP contribution in [0.2, 0.25) is 10.0 Å². The van der Waals surface area contributed by atoms with Gasteiger partial charge < -0.3 is 25.8 Å². The van der Waals surface area contributed by atoms with Crippen LogP contribution in [0.15, 0.2) is 36.4 Å². The van der Waals surface area contributed by atoms with E-state index in [0.717, 1.165) is 17.7 Å². The van der Waals surface area contributed by atoms with E-state index in [4.69, 9.17) is 28.9 Å². The van der Waals surface area contributed by atoms with E-state index < -0.39 is 23.8 Å². The molecule has 2 atom stereocenters. The maximum atomic E-state index is 14.0. The molecule has 0 aromatic heterocycles. The summed E-state index contributed by atoms with van der Waals surface area (Å²) >= 11 is 12.5. The fraction of sp³-hybridized carbons (Fsp3) is 0.533. The largest absolute Gasteiger partial charge is 0.416 e. The molecule has 42 heavy (non-hydrogen) atoms. The Balaban J connectivity index is 1.55. The third kappa shape index (κ3) is 7.89. The van der Waals surface area contributed by atoms with Crippen LogP contribution < -0.4 is 16.0 Å². The zero-order chi connectivity index (χ0) is 30.6. The molecule has 0 radical (unpaired) electrons. The monoisotopic (exact) mass is 627 g/mol. The first kappa shape index (κ1) is 32.4. The lowest BCUT2D eigenvalue weighted by atomic mass is 9.94. The molecular formula is C30H38Cl2F3N5O2. The summed E-state index contributed by atoms with van der Waals surface area (Å²) in [5.74, 6) is -0.122. The van der Waals surface area contributed by atoms with Gasteiger partial charge in [0.05, 0.1) is 12.1 Å². The number of benzene rings is 2. The summed E-state index contributed by atoms with van der Waals surface area (Å²) in [6.45, 7) is 6.78. The van der Waals surface area contributed by atoms with Gasteiger partial charge in [0.25, 0.3) is 0 Å². The molecular weight excluding hydrogens is 590 g/mol. The SMILES string of the molecule is CC(C)CC(N)c1cc(C(F)(F)F)ccc1N1CCN(C(=O)C(Cc2ccc(Cl)cc2Cl)N2CCCNCC2=O)CC1. The number of rotatable bonds is 8. The van der Waals surface area contributed by atoms with Gasteiger partial charge in [-0.1, -0.05) is 43.1 Å². The number of carbonyl (C=O) groups is 2. The van der Waals surface area contributed by atoms with Crippen molar-refractivity contribution < 1.29 is 22.8 Å². The Morgan fingerprint density at radius 2 is 1.76 bits per heavy atom. The molecule has 2 aliphatic heterocycles. The highest BCUT2D eigenvalue weighted by molar-refractivity contribution is 6.35. The Labute approximate surface area is 255 Å². The van der Waals surface area contributed by atoms with E-state index in [1.807, 2.05) is 18.7 Å². The minimum absolute atomic E-state index is 0.150. The van der Waals surface area contributed by atoms with Gasteiger partial charge in [-0.05, 0) is 66.8 Å². The molecule has 0 saturated carbocycles. The minimum atomic E-state index is -4.47. The van der Waals surface area contributed by atoms with Crippen molar-refractivity contribution in [2.75, 3.05) is 50.7 Å². The van der Waals surface area contributed by atoms with Crippen LogP contribution in [0.5, 0.6) is 0 Å². The van der Waals surface area contributed by atoms with Crippen LogP contribution in [-0.2, 0) is 22.2 Å². The topological polar surface area (TPSA) is 81.9 Å². The van der Waals surface area contributed by atoms with Crippen molar-refractivity contribution in [1.82, 2.24) is 15.1 Å². The Morgan fingerprint density at radius 1 is 1.05 bits per heavy atom. The fourth-order valence-corrected chi connectivity index (χ4v) is 6.17. The van der Waals surface area contributed by atoms with Crippen molar-refractivity contribution >= 4 is 40.7 Å². The van der Waals surface area contributed by atoms with E-state index in [-0.39, 0.29) is 30.7 Å². The van der Waals surface area contributed by atoms with Gasteiger partial charge in [0.15, 0.2) is 0 Å². The number of piperazine rings is 1. The van der Waals surface area contributed by atoms with Crippen LogP contribution in [0.25, 0.3) is 0 Å². The maximum Gasteiger partial charge on any atom is 0.416 e. The number of halogens is 5. The summed E-state index contributed by atoms with van der Waals surface area (Å²) in [5.41, 5.74) is 7.51. The number of hydrogen-bond acceptors (Lipinski definition) is 5. The van der Waals surface area contributed by atoms with Gasteiger partial charge in [-0.15, -0.1) is 0 Å². The van der Waals surface area contributed by atoms with Crippen LogP contribution in [0.3, 0.4) is 0 Å². The number of amides is 2. The molecule has 4 rings (SSSR count). The van der Waals surface area contributed by atoms with E-state index in [9.17, 15) is 22.8 Å². The number of nitrogens with one attached hydrogen (secondary N) is 1. The van der Waals surface area contributed by atoms with Crippen molar-refractivity contribution in [1.29, 1.82) is 0 Å². The van der Waals surface area contributed by atoms with Gasteiger partial charge in [-0.25, -0.2) is 0 Å². The van der Waals surface area contributed by atoms with Gasteiger partial charge in [0.2, 0.25) is 11.8 Å². The first-order chi connectivity index (χ1) is 19.8.